The maximum atomic E-state index is 12.6. The Hall–Kier alpha value is -2.61. The van der Waals surface area contributed by atoms with Gasteiger partial charge in [0.1, 0.15) is 11.6 Å². The minimum Gasteiger partial charge on any atom is -0.506 e. The van der Waals surface area contributed by atoms with Crippen molar-refractivity contribution in [3.05, 3.63) is 53.6 Å². The average molecular weight is 490 g/mol. The number of phenolic OH excluding ortho intramolecular Hbond substituents is 1. The molecule has 0 bridgehead atoms. The number of hydrogen-bond donors (Lipinski definition) is 4. The molecular formula is C24H29Cl2N5O2. The van der Waals surface area contributed by atoms with Gasteiger partial charge in [-0.05, 0) is 43.7 Å². The van der Waals surface area contributed by atoms with E-state index in [2.05, 4.69) is 20.6 Å². The van der Waals surface area contributed by atoms with Crippen LogP contribution in [-0.4, -0.2) is 45.1 Å². The van der Waals surface area contributed by atoms with E-state index in [9.17, 15) is 9.90 Å². The van der Waals surface area contributed by atoms with Gasteiger partial charge in [-0.25, -0.2) is 4.98 Å². The third-order valence-electron chi connectivity index (χ3n) is 5.86. The van der Waals surface area contributed by atoms with E-state index in [1.165, 1.54) is 0 Å². The van der Waals surface area contributed by atoms with Gasteiger partial charge >= 0.3 is 0 Å². The number of nitrogens with one attached hydrogen (secondary N) is 3. The number of H-pyrrole nitrogens is 1. The van der Waals surface area contributed by atoms with Gasteiger partial charge in [-0.2, -0.15) is 0 Å². The molecule has 1 saturated heterocycles. The number of carbonyl (C=O) groups is 1. The second-order valence-electron chi connectivity index (χ2n) is 8.82. The van der Waals surface area contributed by atoms with Crippen LogP contribution >= 0.6 is 24.0 Å². The molecular weight excluding hydrogens is 461 g/mol. The van der Waals surface area contributed by atoms with Gasteiger partial charge in [-0.15, -0.1) is 12.4 Å². The number of nitrogens with zero attached hydrogens (tertiary/aromatic N) is 2. The Morgan fingerprint density at radius 3 is 2.64 bits per heavy atom. The van der Waals surface area contributed by atoms with Crippen LogP contribution in [0.5, 0.6) is 5.75 Å². The molecule has 176 valence electrons. The highest BCUT2D eigenvalue weighted by molar-refractivity contribution is 6.32. The largest absolute Gasteiger partial charge is 0.506 e. The number of carbonyl (C=O) groups excluding carboxylic acids is 1. The van der Waals surface area contributed by atoms with E-state index in [1.54, 1.807) is 24.5 Å². The molecule has 0 radical (unpaired) electrons. The molecule has 0 spiro atoms. The van der Waals surface area contributed by atoms with Crippen LogP contribution in [0, 0.1) is 0 Å². The van der Waals surface area contributed by atoms with E-state index < -0.39 is 5.41 Å². The van der Waals surface area contributed by atoms with E-state index in [0.29, 0.717) is 12.2 Å². The molecule has 1 amide bonds. The van der Waals surface area contributed by atoms with Crippen LogP contribution in [0.3, 0.4) is 0 Å². The summed E-state index contributed by atoms with van der Waals surface area (Å²) < 4.78 is 0. The standard InChI is InChI=1S/C24H28ClN5O2.ClH/c1-24(2,14-28-22(32)18-5-3-4-10-27-18)23-29-20(15-8-11-26-12-9-15)21(30-23)16-6-7-17(25)19(31)13-16;/h6-9,11-13,18,27,31H,3-5,10,14H2,1-2H3,(H,28,32)(H,29,30);1H/t18-;/m0./s1. The SMILES string of the molecule is CC(C)(CNC(=O)[C@@H]1CCCCN1)c1nc(-c2ccc(Cl)c(O)c2)c(-c2ccncc2)[nH]1.Cl. The van der Waals surface area contributed by atoms with Crippen LogP contribution in [0.4, 0.5) is 0 Å². The number of amides is 1. The maximum absolute atomic E-state index is 12.6. The van der Waals surface area contributed by atoms with Crippen molar-refractivity contribution in [2.75, 3.05) is 13.1 Å². The van der Waals surface area contributed by atoms with E-state index in [0.717, 1.165) is 48.5 Å². The fourth-order valence-corrected chi connectivity index (χ4v) is 4.00. The molecule has 3 heterocycles. The van der Waals surface area contributed by atoms with Crippen molar-refractivity contribution >= 4 is 29.9 Å². The van der Waals surface area contributed by atoms with Gasteiger partial charge in [-0.3, -0.25) is 9.78 Å². The van der Waals surface area contributed by atoms with E-state index >= 15 is 0 Å². The molecule has 33 heavy (non-hydrogen) atoms. The molecule has 1 aliphatic heterocycles. The summed E-state index contributed by atoms with van der Waals surface area (Å²) in [5, 5.41) is 16.8. The summed E-state index contributed by atoms with van der Waals surface area (Å²) in [6, 6.07) is 8.77. The van der Waals surface area contributed by atoms with E-state index in [-0.39, 0.29) is 35.1 Å². The van der Waals surface area contributed by atoms with Gasteiger partial charge in [0.25, 0.3) is 0 Å². The summed E-state index contributed by atoms with van der Waals surface area (Å²) in [5.74, 6) is 0.771. The van der Waals surface area contributed by atoms with Crippen LogP contribution in [0.2, 0.25) is 5.02 Å². The fraction of sp³-hybridized carbons (Fsp3) is 0.375. The second-order valence-corrected chi connectivity index (χ2v) is 9.22. The Morgan fingerprint density at radius 2 is 1.97 bits per heavy atom. The zero-order valence-electron chi connectivity index (χ0n) is 18.7. The van der Waals surface area contributed by atoms with Crippen molar-refractivity contribution in [3.63, 3.8) is 0 Å². The first-order valence-corrected chi connectivity index (χ1v) is 11.2. The molecule has 4 N–H and O–H groups in total. The van der Waals surface area contributed by atoms with Crippen LogP contribution in [0.25, 0.3) is 22.5 Å². The topological polar surface area (TPSA) is 103 Å². The Kier molecular flexibility index (Phi) is 8.00. The van der Waals surface area contributed by atoms with Gasteiger partial charge in [0.15, 0.2) is 0 Å². The lowest BCUT2D eigenvalue weighted by Crippen LogP contribution is -2.49. The molecule has 1 fully saturated rings. The fourth-order valence-electron chi connectivity index (χ4n) is 3.88. The van der Waals surface area contributed by atoms with Gasteiger partial charge < -0.3 is 20.7 Å². The Labute approximate surface area is 204 Å². The van der Waals surface area contributed by atoms with Crippen LogP contribution < -0.4 is 10.6 Å². The first-order chi connectivity index (χ1) is 15.3. The highest BCUT2D eigenvalue weighted by Crippen LogP contribution is 2.36. The predicted molar refractivity (Wildman–Crippen MR) is 133 cm³/mol. The number of aromatic amines is 1. The quantitative estimate of drug-likeness (QED) is 0.409. The first-order valence-electron chi connectivity index (χ1n) is 10.9. The van der Waals surface area contributed by atoms with Crippen molar-refractivity contribution in [3.8, 4) is 28.3 Å². The van der Waals surface area contributed by atoms with Crippen molar-refractivity contribution in [1.82, 2.24) is 25.6 Å². The van der Waals surface area contributed by atoms with E-state index in [4.69, 9.17) is 16.6 Å². The zero-order chi connectivity index (χ0) is 22.7. The van der Waals surface area contributed by atoms with E-state index in [1.807, 2.05) is 32.0 Å². The highest BCUT2D eigenvalue weighted by Gasteiger charge is 2.29. The van der Waals surface area contributed by atoms with Crippen LogP contribution in [0.1, 0.15) is 38.9 Å². The predicted octanol–water partition coefficient (Wildman–Crippen LogP) is 4.46. The molecule has 0 saturated carbocycles. The van der Waals surface area contributed by atoms with Crippen molar-refractivity contribution in [1.29, 1.82) is 0 Å². The lowest BCUT2D eigenvalue weighted by molar-refractivity contribution is -0.123. The molecule has 0 unspecified atom stereocenters. The third-order valence-corrected chi connectivity index (χ3v) is 6.18. The lowest BCUT2D eigenvalue weighted by atomic mass is 9.92. The number of halogens is 2. The minimum absolute atomic E-state index is 0. The number of rotatable bonds is 6. The summed E-state index contributed by atoms with van der Waals surface area (Å²) in [7, 11) is 0. The van der Waals surface area contributed by atoms with Crippen LogP contribution in [-0.2, 0) is 10.2 Å². The summed E-state index contributed by atoms with van der Waals surface area (Å²) in [6.07, 6.45) is 6.49. The monoisotopic (exact) mass is 489 g/mol. The first kappa shape index (κ1) is 25.0. The van der Waals surface area contributed by atoms with Crippen molar-refractivity contribution in [2.45, 2.75) is 44.6 Å². The number of benzene rings is 1. The second kappa shape index (κ2) is 10.5. The summed E-state index contributed by atoms with van der Waals surface area (Å²) in [5.41, 5.74) is 2.74. The summed E-state index contributed by atoms with van der Waals surface area (Å²) in [6.45, 7) is 5.41. The number of hydrogen-bond acceptors (Lipinski definition) is 5. The molecule has 1 atom stereocenters. The number of phenols is 1. The molecule has 3 aromatic rings. The third kappa shape index (κ3) is 5.66. The summed E-state index contributed by atoms with van der Waals surface area (Å²) >= 11 is 6.01. The Balaban J connectivity index is 0.00000306. The van der Waals surface area contributed by atoms with Crippen LogP contribution in [0.15, 0.2) is 42.7 Å². The Bertz CT molecular complexity index is 1100. The molecule has 4 rings (SSSR count). The normalized spacial score (nSPS) is 16.2. The van der Waals surface area contributed by atoms with Gasteiger partial charge in [0.05, 0.1) is 22.5 Å². The number of imidazole rings is 1. The number of aromatic nitrogens is 3. The lowest BCUT2D eigenvalue weighted by Gasteiger charge is -2.26. The Morgan fingerprint density at radius 1 is 1.21 bits per heavy atom. The molecule has 7 nitrogen and oxygen atoms in total. The smallest absolute Gasteiger partial charge is 0.237 e. The molecule has 1 aliphatic rings. The molecule has 9 heteroatoms. The number of pyridine rings is 1. The highest BCUT2D eigenvalue weighted by atomic mass is 35.5. The maximum Gasteiger partial charge on any atom is 0.237 e. The number of piperidine rings is 1. The minimum atomic E-state index is -0.446. The average Bonchev–Trinajstić information content (AvgIpc) is 3.27. The zero-order valence-corrected chi connectivity index (χ0v) is 20.3. The van der Waals surface area contributed by atoms with Gasteiger partial charge in [0, 0.05) is 35.5 Å². The van der Waals surface area contributed by atoms with Gasteiger partial charge in [0.2, 0.25) is 5.91 Å². The number of aromatic hydroxyl groups is 1. The molecule has 1 aromatic carbocycles. The van der Waals surface area contributed by atoms with Crippen molar-refractivity contribution < 1.29 is 9.90 Å². The molecule has 0 aliphatic carbocycles. The van der Waals surface area contributed by atoms with Crippen molar-refractivity contribution in [2.24, 2.45) is 0 Å². The molecule has 2 aromatic heterocycles. The van der Waals surface area contributed by atoms with Gasteiger partial charge in [-0.1, -0.05) is 37.9 Å². The summed E-state index contributed by atoms with van der Waals surface area (Å²) in [4.78, 5) is 25.1.